The number of hydrogen-bond acceptors (Lipinski definition) is 3. The minimum Gasteiger partial charge on any atom is -0.440 e. The molecule has 0 unspecified atom stereocenters. The van der Waals surface area contributed by atoms with Crippen LogP contribution in [-0.2, 0) is 0 Å². The van der Waals surface area contributed by atoms with Crippen molar-refractivity contribution in [2.45, 2.75) is 31.6 Å². The molecular weight excluding hydrogens is 212 g/mol. The van der Waals surface area contributed by atoms with Crippen LogP contribution in [0.1, 0.15) is 37.5 Å². The van der Waals surface area contributed by atoms with Crippen LogP contribution >= 0.6 is 0 Å². The largest absolute Gasteiger partial charge is 0.440 e. The summed E-state index contributed by atoms with van der Waals surface area (Å²) in [7, 11) is 0. The molecule has 2 saturated carbocycles. The van der Waals surface area contributed by atoms with Gasteiger partial charge in [0.1, 0.15) is 5.52 Å². The van der Waals surface area contributed by atoms with Crippen molar-refractivity contribution in [1.82, 2.24) is 4.98 Å². The van der Waals surface area contributed by atoms with Crippen molar-refractivity contribution >= 4 is 16.8 Å². The lowest BCUT2D eigenvalue weighted by Crippen LogP contribution is -2.03. The predicted octanol–water partition coefficient (Wildman–Crippen LogP) is 3.31. The predicted molar refractivity (Wildman–Crippen MR) is 66.6 cm³/mol. The zero-order valence-electron chi connectivity index (χ0n) is 9.73. The van der Waals surface area contributed by atoms with Crippen LogP contribution in [0.2, 0.25) is 0 Å². The molecule has 0 aliphatic heterocycles. The second-order valence-electron chi connectivity index (χ2n) is 5.48. The number of oxazole rings is 1. The second kappa shape index (κ2) is 3.25. The van der Waals surface area contributed by atoms with Gasteiger partial charge in [-0.2, -0.15) is 0 Å². The fourth-order valence-electron chi connectivity index (χ4n) is 2.80. The molecule has 2 fully saturated rings. The van der Waals surface area contributed by atoms with Gasteiger partial charge in [-0.3, -0.25) is 0 Å². The Hall–Kier alpha value is -1.51. The Labute approximate surface area is 100 Å². The monoisotopic (exact) mass is 228 g/mol. The molecule has 88 valence electrons. The third-order valence-electron chi connectivity index (χ3n) is 3.97. The molecule has 4 rings (SSSR count). The van der Waals surface area contributed by atoms with Crippen molar-refractivity contribution in [2.75, 3.05) is 5.73 Å². The van der Waals surface area contributed by atoms with E-state index in [1.54, 1.807) is 0 Å². The molecule has 0 saturated heterocycles. The Morgan fingerprint density at radius 1 is 1.18 bits per heavy atom. The highest BCUT2D eigenvalue weighted by Gasteiger charge is 2.44. The molecule has 0 atom stereocenters. The first-order valence-corrected chi connectivity index (χ1v) is 6.47. The molecule has 1 heterocycles. The van der Waals surface area contributed by atoms with E-state index in [1.165, 1.54) is 25.7 Å². The topological polar surface area (TPSA) is 52.0 Å². The average molecular weight is 228 g/mol. The van der Waals surface area contributed by atoms with Gasteiger partial charge in [-0.15, -0.1) is 0 Å². The summed E-state index contributed by atoms with van der Waals surface area (Å²) in [6, 6.07) is 5.71. The van der Waals surface area contributed by atoms with E-state index in [0.717, 1.165) is 34.5 Å². The standard InChI is InChI=1S/C14H16N2O/c15-10-5-6-12-11(7-10)16-14(17-12)13(8-1-2-8)9-3-4-9/h5-9,13H,1-4,15H2. The molecule has 0 amide bonds. The first-order chi connectivity index (χ1) is 8.31. The van der Waals surface area contributed by atoms with E-state index in [9.17, 15) is 0 Å². The van der Waals surface area contributed by atoms with E-state index in [0.29, 0.717) is 5.92 Å². The van der Waals surface area contributed by atoms with E-state index < -0.39 is 0 Å². The molecule has 2 N–H and O–H groups in total. The normalized spacial score (nSPS) is 20.3. The first-order valence-electron chi connectivity index (χ1n) is 6.47. The molecule has 0 bridgehead atoms. The van der Waals surface area contributed by atoms with Crippen LogP contribution in [0.15, 0.2) is 22.6 Å². The van der Waals surface area contributed by atoms with Gasteiger partial charge in [0.2, 0.25) is 0 Å². The quantitative estimate of drug-likeness (QED) is 0.820. The summed E-state index contributed by atoms with van der Waals surface area (Å²) in [5.41, 5.74) is 8.31. The summed E-state index contributed by atoms with van der Waals surface area (Å²) in [6.45, 7) is 0. The minimum atomic E-state index is 0.573. The van der Waals surface area contributed by atoms with Gasteiger partial charge in [0.25, 0.3) is 0 Å². The van der Waals surface area contributed by atoms with Crippen molar-refractivity contribution in [3.8, 4) is 0 Å². The van der Waals surface area contributed by atoms with Gasteiger partial charge in [0.15, 0.2) is 11.5 Å². The Morgan fingerprint density at radius 3 is 2.53 bits per heavy atom. The fourth-order valence-corrected chi connectivity index (χ4v) is 2.80. The number of nitrogens with zero attached hydrogens (tertiary/aromatic N) is 1. The van der Waals surface area contributed by atoms with E-state index >= 15 is 0 Å². The lowest BCUT2D eigenvalue weighted by molar-refractivity contribution is 0.408. The van der Waals surface area contributed by atoms with E-state index in [4.69, 9.17) is 10.2 Å². The number of fused-ring (bicyclic) bond motifs is 1. The van der Waals surface area contributed by atoms with Crippen LogP contribution in [0.25, 0.3) is 11.1 Å². The number of aromatic nitrogens is 1. The molecule has 2 aromatic rings. The van der Waals surface area contributed by atoms with Crippen LogP contribution < -0.4 is 5.73 Å². The van der Waals surface area contributed by atoms with Crippen molar-refractivity contribution in [1.29, 1.82) is 0 Å². The van der Waals surface area contributed by atoms with Gasteiger partial charge in [0.05, 0.1) is 0 Å². The van der Waals surface area contributed by atoms with Crippen LogP contribution in [0.5, 0.6) is 0 Å². The molecule has 1 aromatic heterocycles. The molecule has 2 aliphatic rings. The zero-order valence-corrected chi connectivity index (χ0v) is 9.73. The van der Waals surface area contributed by atoms with Gasteiger partial charge >= 0.3 is 0 Å². The van der Waals surface area contributed by atoms with Gasteiger partial charge in [-0.25, -0.2) is 4.98 Å². The van der Waals surface area contributed by atoms with Gasteiger partial charge in [0, 0.05) is 11.6 Å². The third kappa shape index (κ3) is 1.61. The summed E-state index contributed by atoms with van der Waals surface area (Å²) < 4.78 is 5.92. The summed E-state index contributed by atoms with van der Waals surface area (Å²) in [6.07, 6.45) is 5.40. The highest BCUT2D eigenvalue weighted by atomic mass is 16.3. The smallest absolute Gasteiger partial charge is 0.199 e. The number of anilines is 1. The molecule has 17 heavy (non-hydrogen) atoms. The lowest BCUT2D eigenvalue weighted by Gasteiger charge is -2.09. The van der Waals surface area contributed by atoms with Gasteiger partial charge in [-0.1, -0.05) is 0 Å². The van der Waals surface area contributed by atoms with Crippen molar-refractivity contribution in [2.24, 2.45) is 11.8 Å². The van der Waals surface area contributed by atoms with Crippen LogP contribution in [0.3, 0.4) is 0 Å². The molecule has 0 radical (unpaired) electrons. The Morgan fingerprint density at radius 2 is 1.88 bits per heavy atom. The number of hydrogen-bond donors (Lipinski definition) is 1. The highest BCUT2D eigenvalue weighted by molar-refractivity contribution is 5.76. The van der Waals surface area contributed by atoms with Crippen LogP contribution in [0.4, 0.5) is 5.69 Å². The molecule has 0 spiro atoms. The maximum Gasteiger partial charge on any atom is 0.199 e. The Kier molecular flexibility index (Phi) is 1.82. The highest BCUT2D eigenvalue weighted by Crippen LogP contribution is 2.54. The number of nitrogens with two attached hydrogens (primary N) is 1. The molecule has 1 aromatic carbocycles. The summed E-state index contributed by atoms with van der Waals surface area (Å²) in [5.74, 6) is 3.18. The van der Waals surface area contributed by atoms with E-state index in [-0.39, 0.29) is 0 Å². The summed E-state index contributed by atoms with van der Waals surface area (Å²) in [5, 5.41) is 0. The molecule has 2 aliphatic carbocycles. The molecule has 3 nitrogen and oxygen atoms in total. The number of benzene rings is 1. The molecule has 3 heteroatoms. The van der Waals surface area contributed by atoms with Crippen molar-refractivity contribution < 1.29 is 4.42 Å². The SMILES string of the molecule is Nc1ccc2oc(C(C3CC3)C3CC3)nc2c1. The Balaban J connectivity index is 1.78. The average Bonchev–Trinajstić information content (AvgIpc) is 3.19. The third-order valence-corrected chi connectivity index (χ3v) is 3.97. The number of nitrogen functional groups attached to an aromatic ring is 1. The number of rotatable bonds is 3. The maximum atomic E-state index is 5.92. The van der Waals surface area contributed by atoms with Gasteiger partial charge in [-0.05, 0) is 55.7 Å². The van der Waals surface area contributed by atoms with Crippen molar-refractivity contribution in [3.05, 3.63) is 24.1 Å². The minimum absolute atomic E-state index is 0.573. The van der Waals surface area contributed by atoms with E-state index in [1.807, 2.05) is 18.2 Å². The molecular formula is C14H16N2O. The maximum absolute atomic E-state index is 5.92. The van der Waals surface area contributed by atoms with Crippen molar-refractivity contribution in [3.63, 3.8) is 0 Å². The van der Waals surface area contributed by atoms with Gasteiger partial charge < -0.3 is 10.2 Å². The first kappa shape index (κ1) is 9.51. The van der Waals surface area contributed by atoms with Crippen LogP contribution in [0, 0.1) is 11.8 Å². The lowest BCUT2D eigenvalue weighted by atomic mass is 9.98. The Bertz CT molecular complexity index is 555. The second-order valence-corrected chi connectivity index (χ2v) is 5.48. The fraction of sp³-hybridized carbons (Fsp3) is 0.500. The van der Waals surface area contributed by atoms with Crippen LogP contribution in [-0.4, -0.2) is 4.98 Å². The summed E-state index contributed by atoms with van der Waals surface area (Å²) >= 11 is 0. The zero-order chi connectivity index (χ0) is 11.4. The van der Waals surface area contributed by atoms with E-state index in [2.05, 4.69) is 4.98 Å². The summed E-state index contributed by atoms with van der Waals surface area (Å²) in [4.78, 5) is 4.65.